The molecule has 0 unspecified atom stereocenters. The Balaban J connectivity index is -0.0000000267. The third kappa shape index (κ3) is 24.6. The Morgan fingerprint density at radius 1 is 1.50 bits per heavy atom. The van der Waals surface area contributed by atoms with E-state index in [0.717, 1.165) is 19.2 Å². The molecule has 0 saturated heterocycles. The average molecular weight is 672 g/mol. The van der Waals surface area contributed by atoms with Crippen molar-refractivity contribution in [2.24, 2.45) is 0 Å². The second-order valence-corrected chi connectivity index (χ2v) is 1.85. The Morgan fingerprint density at radius 2 is 1.62 bits per heavy atom. The first-order valence-corrected chi connectivity index (χ1v) is 2.45. The topological polar surface area (TPSA) is 17.1 Å². The van der Waals surface area contributed by atoms with Gasteiger partial charge in [-0.2, -0.15) is 0 Å². The average Bonchev–Trinajstić information content (AvgIpc) is 1.38. The van der Waals surface area contributed by atoms with Crippen molar-refractivity contribution >= 4 is 4.26 Å². The van der Waals surface area contributed by atoms with Crippen LogP contribution < -0.4 is 0 Å². The van der Waals surface area contributed by atoms with Gasteiger partial charge in [-0.3, -0.25) is 0 Å². The van der Waals surface area contributed by atoms with Crippen LogP contribution in [0, 0.1) is 0 Å². The van der Waals surface area contributed by atoms with E-state index in [2.05, 4.69) is 6.58 Å². The molecule has 0 bridgehead atoms. The van der Waals surface area contributed by atoms with E-state index in [9.17, 15) is 4.79 Å². The van der Waals surface area contributed by atoms with Crippen molar-refractivity contribution in [3.05, 3.63) is 12.7 Å². The van der Waals surface area contributed by atoms with E-state index in [0.29, 0.717) is 0 Å². The molecule has 0 aromatic carbocycles. The van der Waals surface area contributed by atoms with Crippen LogP contribution in [-0.2, 0) is 83.2 Å². The summed E-state index contributed by atoms with van der Waals surface area (Å²) in [6, 6.07) is 0. The minimum atomic E-state index is 0. The van der Waals surface area contributed by atoms with Gasteiger partial charge in [-0.15, -0.1) is 0 Å². The van der Waals surface area contributed by atoms with Crippen LogP contribution in [0.2, 0.25) is 0 Å². The summed E-state index contributed by atoms with van der Waals surface area (Å²) in [5.41, 5.74) is 0. The summed E-state index contributed by atoms with van der Waals surface area (Å²) in [6.45, 7) is 3.22. The van der Waals surface area contributed by atoms with E-state index < -0.39 is 0 Å². The van der Waals surface area contributed by atoms with Gasteiger partial charge in [-0.1, -0.05) is 0 Å². The van der Waals surface area contributed by atoms with Gasteiger partial charge in [-0.05, 0) is 0 Å². The van der Waals surface area contributed by atoms with Crippen LogP contribution in [0.4, 0.5) is 0 Å². The van der Waals surface area contributed by atoms with Gasteiger partial charge in [0.25, 0.3) is 0 Å². The molecule has 0 fully saturated rings. The van der Waals surface area contributed by atoms with Crippen molar-refractivity contribution < 1.29 is 83.2 Å². The van der Waals surface area contributed by atoms with Gasteiger partial charge in [0.05, 0.1) is 0 Å². The maximum Gasteiger partial charge on any atom is 0 e. The number of carbonyl (C=O) groups excluding carboxylic acids is 1. The molecule has 0 aliphatic heterocycles. The summed E-state index contributed by atoms with van der Waals surface area (Å²) in [4.78, 5) is 9.72. The molecule has 5 heteroatoms. The molecule has 1 radical (unpaired) electrons. The van der Waals surface area contributed by atoms with E-state index >= 15 is 0 Å². The summed E-state index contributed by atoms with van der Waals surface area (Å²) < 4.78 is 0.0741. The first-order valence-electron chi connectivity index (χ1n) is 1.09. The molecule has 8 heavy (non-hydrogen) atoms. The van der Waals surface area contributed by atoms with Crippen molar-refractivity contribution in [1.29, 1.82) is 0 Å². The minimum absolute atomic E-state index is 0. The van der Waals surface area contributed by atoms with Crippen LogP contribution in [0.1, 0.15) is 0 Å². The summed E-state index contributed by atoms with van der Waals surface area (Å²) in [7, 11) is 0. The SMILES string of the molecule is C=C[C](=O)[Re].[Cu].[W].[W]. The van der Waals surface area contributed by atoms with Gasteiger partial charge in [0.1, 0.15) is 0 Å². The van der Waals surface area contributed by atoms with Crippen LogP contribution in [0.25, 0.3) is 0 Å². The van der Waals surface area contributed by atoms with Gasteiger partial charge in [-0.25, -0.2) is 0 Å². The molecular weight excluding hydrogens is 669 g/mol. The van der Waals surface area contributed by atoms with Crippen LogP contribution >= 0.6 is 0 Å². The summed E-state index contributed by atoms with van der Waals surface area (Å²) in [5, 5.41) is 0. The molecular formula is C3H3CuOReW2. The molecule has 0 aliphatic rings. The van der Waals surface area contributed by atoms with Crippen molar-refractivity contribution in [2.45, 2.75) is 0 Å². The Morgan fingerprint density at radius 3 is 1.62 bits per heavy atom. The van der Waals surface area contributed by atoms with Gasteiger partial charge in [0, 0.05) is 59.2 Å². The molecule has 0 atom stereocenters. The monoisotopic (exact) mass is 673 g/mol. The third-order valence-electron chi connectivity index (χ3n) is 0.160. The van der Waals surface area contributed by atoms with Gasteiger partial charge < -0.3 is 0 Å². The zero-order valence-corrected chi connectivity index (χ0v) is 13.2. The molecule has 1 nitrogen and oxygen atoms in total. The predicted octanol–water partition coefficient (Wildman–Crippen LogP) is 0.238. The quantitative estimate of drug-likeness (QED) is 0.289. The summed E-state index contributed by atoms with van der Waals surface area (Å²) in [5.74, 6) is 0. The Labute approximate surface area is 98.8 Å². The molecule has 51 valence electrons. The van der Waals surface area contributed by atoms with E-state index in [4.69, 9.17) is 0 Å². The van der Waals surface area contributed by atoms with Crippen LogP contribution in [0.3, 0.4) is 0 Å². The fourth-order valence-corrected chi connectivity index (χ4v) is 0. The standard InChI is InChI=1S/C3H3O.Cu.Re.2W/c1-2-3-4;;;;/h2H,1H2;;;;. The first-order chi connectivity index (χ1) is 2.27. The number of rotatable bonds is 1. The summed E-state index contributed by atoms with van der Waals surface area (Å²) in [6.07, 6.45) is 1.30. The normalized spacial score (nSPS) is 4.12. The smallest absolute Gasteiger partial charge is 0 e. The second kappa shape index (κ2) is 16.0. The minimum Gasteiger partial charge on any atom is 0 e. The van der Waals surface area contributed by atoms with Crippen molar-refractivity contribution in [2.75, 3.05) is 0 Å². The number of hydrogen-bond acceptors (Lipinski definition) is 1. The molecule has 0 rings (SSSR count). The number of hydrogen-bond donors (Lipinski definition) is 0. The number of allylic oxidation sites excluding steroid dienone is 1. The van der Waals surface area contributed by atoms with E-state index in [-0.39, 0.29) is 63.5 Å². The molecule has 0 amide bonds. The van der Waals surface area contributed by atoms with Gasteiger partial charge in [0.15, 0.2) is 0 Å². The number of carbonyl (C=O) groups is 1. The molecule has 0 aromatic rings. The van der Waals surface area contributed by atoms with E-state index in [1.807, 2.05) is 0 Å². The molecule has 0 heterocycles. The third-order valence-corrected chi connectivity index (χ3v) is 0.715. The van der Waals surface area contributed by atoms with Crippen molar-refractivity contribution in [1.82, 2.24) is 0 Å². The Hall–Kier alpha value is 1.97. The first kappa shape index (κ1) is 22.5. The van der Waals surface area contributed by atoms with E-state index in [1.54, 1.807) is 0 Å². The molecule has 0 aromatic heterocycles. The maximum atomic E-state index is 9.72. The zero-order chi connectivity index (χ0) is 4.28. The van der Waals surface area contributed by atoms with Gasteiger partial charge in [0.2, 0.25) is 0 Å². The molecule has 0 saturated carbocycles. The maximum absolute atomic E-state index is 9.72. The molecule has 0 aliphatic carbocycles. The van der Waals surface area contributed by atoms with E-state index in [1.165, 1.54) is 6.08 Å². The van der Waals surface area contributed by atoms with Crippen LogP contribution in [-0.4, -0.2) is 4.26 Å². The fraction of sp³-hybridized carbons (Fsp3) is 0. The van der Waals surface area contributed by atoms with Crippen LogP contribution in [0.15, 0.2) is 12.7 Å². The fourth-order valence-electron chi connectivity index (χ4n) is 0. The zero-order valence-electron chi connectivity index (χ0n) is 3.69. The van der Waals surface area contributed by atoms with Gasteiger partial charge >= 0.3 is 40.9 Å². The Kier molecular flexibility index (Phi) is 45.0. The van der Waals surface area contributed by atoms with Crippen LogP contribution in [0.5, 0.6) is 0 Å². The summed E-state index contributed by atoms with van der Waals surface area (Å²) >= 11 is 1.12. The van der Waals surface area contributed by atoms with Crippen molar-refractivity contribution in [3.63, 3.8) is 0 Å². The predicted molar refractivity (Wildman–Crippen MR) is 15.2 cm³/mol. The second-order valence-electron chi connectivity index (χ2n) is 0.508. The largest absolute Gasteiger partial charge is 0 e. The molecule has 0 spiro atoms. The molecule has 0 N–H and O–H groups in total. The van der Waals surface area contributed by atoms with Crippen molar-refractivity contribution in [3.8, 4) is 0 Å². The Bertz CT molecular complexity index is 68.3.